The Balaban J connectivity index is 2.08. The Bertz CT molecular complexity index is 567. The molecular formula is C11H16N2O2S4. The van der Waals surface area contributed by atoms with E-state index in [0.717, 1.165) is 30.6 Å². The first-order chi connectivity index (χ1) is 8.92. The zero-order chi connectivity index (χ0) is 14.0. The molecule has 1 aliphatic carbocycles. The molecule has 0 amide bonds. The first kappa shape index (κ1) is 15.2. The molecule has 3 N–H and O–H groups in total. The summed E-state index contributed by atoms with van der Waals surface area (Å²) in [5.74, 6) is 0. The summed E-state index contributed by atoms with van der Waals surface area (Å²) in [5.41, 5.74) is 5.49. The van der Waals surface area contributed by atoms with Crippen molar-refractivity contribution in [2.24, 2.45) is 5.73 Å². The third-order valence-electron chi connectivity index (χ3n) is 3.13. The van der Waals surface area contributed by atoms with Gasteiger partial charge < -0.3 is 5.73 Å². The summed E-state index contributed by atoms with van der Waals surface area (Å²) in [6.45, 7) is 0. The number of thiophene rings is 1. The SMILES string of the molecule is CSC1CCC(NS(=O)(=O)c2ccc(C(N)=S)s2)C1. The van der Waals surface area contributed by atoms with Gasteiger partial charge in [0.25, 0.3) is 0 Å². The topological polar surface area (TPSA) is 72.2 Å². The van der Waals surface area contributed by atoms with E-state index < -0.39 is 10.0 Å². The summed E-state index contributed by atoms with van der Waals surface area (Å²) in [6, 6.07) is 3.25. The van der Waals surface area contributed by atoms with E-state index in [-0.39, 0.29) is 15.2 Å². The van der Waals surface area contributed by atoms with Gasteiger partial charge in [0.1, 0.15) is 9.20 Å². The van der Waals surface area contributed by atoms with Crippen LogP contribution in [0.1, 0.15) is 24.1 Å². The molecule has 1 heterocycles. The van der Waals surface area contributed by atoms with Crippen molar-refractivity contribution in [3.05, 3.63) is 17.0 Å². The normalized spacial score (nSPS) is 23.6. The van der Waals surface area contributed by atoms with Gasteiger partial charge in [-0.2, -0.15) is 11.8 Å². The molecule has 2 atom stereocenters. The van der Waals surface area contributed by atoms with Gasteiger partial charge in [0.2, 0.25) is 10.0 Å². The number of hydrogen-bond acceptors (Lipinski definition) is 5. The number of nitrogens with one attached hydrogen (secondary N) is 1. The van der Waals surface area contributed by atoms with Crippen LogP contribution in [0.4, 0.5) is 0 Å². The number of thiocarbonyl (C=S) groups is 1. The third-order valence-corrected chi connectivity index (χ3v) is 7.70. The molecule has 0 bridgehead atoms. The summed E-state index contributed by atoms with van der Waals surface area (Å²) >= 11 is 7.76. The Labute approximate surface area is 127 Å². The fourth-order valence-corrected chi connectivity index (χ4v) is 5.58. The Kier molecular flexibility index (Phi) is 4.88. The molecular weight excluding hydrogens is 320 g/mol. The van der Waals surface area contributed by atoms with Crippen molar-refractivity contribution in [3.8, 4) is 0 Å². The molecule has 1 aromatic rings. The van der Waals surface area contributed by atoms with Crippen LogP contribution in [0.5, 0.6) is 0 Å². The van der Waals surface area contributed by atoms with Crippen LogP contribution in [0.25, 0.3) is 0 Å². The van der Waals surface area contributed by atoms with Crippen LogP contribution in [0, 0.1) is 0 Å². The van der Waals surface area contributed by atoms with Crippen LogP contribution < -0.4 is 10.5 Å². The summed E-state index contributed by atoms with van der Waals surface area (Å²) in [4.78, 5) is 0.860. The van der Waals surface area contributed by atoms with Gasteiger partial charge in [-0.1, -0.05) is 12.2 Å². The van der Waals surface area contributed by atoms with Gasteiger partial charge in [0, 0.05) is 11.3 Å². The first-order valence-electron chi connectivity index (χ1n) is 5.87. The van der Waals surface area contributed by atoms with Gasteiger partial charge in [-0.15, -0.1) is 11.3 Å². The molecule has 1 fully saturated rings. The van der Waals surface area contributed by atoms with Crippen molar-refractivity contribution >= 4 is 50.3 Å². The molecule has 0 aromatic carbocycles. The van der Waals surface area contributed by atoms with Gasteiger partial charge in [-0.05, 0) is 37.7 Å². The van der Waals surface area contributed by atoms with E-state index >= 15 is 0 Å². The average molecular weight is 337 g/mol. The van der Waals surface area contributed by atoms with Crippen molar-refractivity contribution < 1.29 is 8.42 Å². The number of rotatable bonds is 5. The number of sulfonamides is 1. The standard InChI is InChI=1S/C11H16N2O2S4/c1-17-8-3-2-7(6-8)13-19(14,15)10-5-4-9(18-10)11(12)16/h4-5,7-8,13H,2-3,6H2,1H3,(H2,12,16). The zero-order valence-electron chi connectivity index (χ0n) is 10.5. The molecule has 2 unspecified atom stereocenters. The lowest BCUT2D eigenvalue weighted by Gasteiger charge is -2.12. The summed E-state index contributed by atoms with van der Waals surface area (Å²) < 4.78 is 27.5. The minimum absolute atomic E-state index is 0.0397. The predicted molar refractivity (Wildman–Crippen MR) is 85.5 cm³/mol. The number of thioether (sulfide) groups is 1. The maximum absolute atomic E-state index is 12.2. The Morgan fingerprint density at radius 2 is 2.26 bits per heavy atom. The van der Waals surface area contributed by atoms with E-state index in [1.54, 1.807) is 23.9 Å². The second kappa shape index (κ2) is 6.09. The van der Waals surface area contributed by atoms with Crippen molar-refractivity contribution in [2.75, 3.05) is 6.26 Å². The number of hydrogen-bond donors (Lipinski definition) is 2. The Morgan fingerprint density at radius 1 is 1.53 bits per heavy atom. The minimum atomic E-state index is -3.44. The smallest absolute Gasteiger partial charge is 0.250 e. The highest BCUT2D eigenvalue weighted by Crippen LogP contribution is 2.30. The van der Waals surface area contributed by atoms with Gasteiger partial charge in [0.05, 0.1) is 4.88 Å². The summed E-state index contributed by atoms with van der Waals surface area (Å²) in [7, 11) is -3.44. The van der Waals surface area contributed by atoms with Gasteiger partial charge >= 0.3 is 0 Å². The molecule has 2 rings (SSSR count). The monoisotopic (exact) mass is 336 g/mol. The van der Waals surface area contributed by atoms with Gasteiger partial charge in [0.15, 0.2) is 0 Å². The Hall–Kier alpha value is -0.150. The van der Waals surface area contributed by atoms with Crippen LogP contribution in [-0.4, -0.2) is 31.0 Å². The first-order valence-corrected chi connectivity index (χ1v) is 9.86. The van der Waals surface area contributed by atoms with Crippen LogP contribution in [0.3, 0.4) is 0 Å². The molecule has 106 valence electrons. The largest absolute Gasteiger partial charge is 0.389 e. The van der Waals surface area contributed by atoms with E-state index in [1.165, 1.54) is 0 Å². The van der Waals surface area contributed by atoms with Crippen molar-refractivity contribution in [3.63, 3.8) is 0 Å². The van der Waals surface area contributed by atoms with E-state index in [9.17, 15) is 8.42 Å². The fourth-order valence-electron chi connectivity index (χ4n) is 2.14. The molecule has 1 aliphatic rings. The van der Waals surface area contributed by atoms with Crippen LogP contribution >= 0.6 is 35.3 Å². The van der Waals surface area contributed by atoms with Gasteiger partial charge in [-0.3, -0.25) is 0 Å². The summed E-state index contributed by atoms with van der Waals surface area (Å²) in [6.07, 6.45) is 4.93. The molecule has 4 nitrogen and oxygen atoms in total. The molecule has 0 saturated heterocycles. The third kappa shape index (κ3) is 3.69. The van der Waals surface area contributed by atoms with E-state index in [1.807, 2.05) is 0 Å². The lowest BCUT2D eigenvalue weighted by Crippen LogP contribution is -2.32. The zero-order valence-corrected chi connectivity index (χ0v) is 13.7. The molecule has 1 aromatic heterocycles. The molecule has 8 heteroatoms. The predicted octanol–water partition coefficient (Wildman–Crippen LogP) is 1.94. The molecule has 0 spiro atoms. The maximum atomic E-state index is 12.2. The quantitative estimate of drug-likeness (QED) is 0.804. The Morgan fingerprint density at radius 3 is 2.79 bits per heavy atom. The van der Waals surface area contributed by atoms with E-state index in [4.69, 9.17) is 18.0 Å². The molecule has 0 aliphatic heterocycles. The van der Waals surface area contributed by atoms with Crippen LogP contribution in [-0.2, 0) is 10.0 Å². The molecule has 1 saturated carbocycles. The highest BCUT2D eigenvalue weighted by molar-refractivity contribution is 7.99. The lowest BCUT2D eigenvalue weighted by atomic mass is 10.3. The van der Waals surface area contributed by atoms with E-state index in [2.05, 4.69) is 11.0 Å². The van der Waals surface area contributed by atoms with Crippen molar-refractivity contribution in [1.82, 2.24) is 4.72 Å². The molecule has 19 heavy (non-hydrogen) atoms. The highest BCUT2D eigenvalue weighted by atomic mass is 32.2. The van der Waals surface area contributed by atoms with Gasteiger partial charge in [-0.25, -0.2) is 13.1 Å². The van der Waals surface area contributed by atoms with Crippen molar-refractivity contribution in [2.45, 2.75) is 34.8 Å². The van der Waals surface area contributed by atoms with E-state index in [0.29, 0.717) is 10.1 Å². The second-order valence-electron chi connectivity index (χ2n) is 4.47. The lowest BCUT2D eigenvalue weighted by molar-refractivity contribution is 0.554. The average Bonchev–Trinajstić information content (AvgIpc) is 2.95. The highest BCUT2D eigenvalue weighted by Gasteiger charge is 2.29. The number of nitrogens with two attached hydrogens (primary N) is 1. The maximum Gasteiger partial charge on any atom is 0.250 e. The van der Waals surface area contributed by atoms with Crippen molar-refractivity contribution in [1.29, 1.82) is 0 Å². The van der Waals surface area contributed by atoms with Crippen LogP contribution in [0.15, 0.2) is 16.3 Å². The minimum Gasteiger partial charge on any atom is -0.389 e. The second-order valence-corrected chi connectivity index (χ2v) is 9.07. The fraction of sp³-hybridized carbons (Fsp3) is 0.545. The molecule has 0 radical (unpaired) electrons. The summed E-state index contributed by atoms with van der Waals surface area (Å²) in [5, 5.41) is 0.559. The van der Waals surface area contributed by atoms with Crippen LogP contribution in [0.2, 0.25) is 0 Å².